The van der Waals surface area contributed by atoms with E-state index in [1.165, 1.54) is 11.3 Å². The van der Waals surface area contributed by atoms with Crippen LogP contribution < -0.4 is 5.73 Å². The lowest BCUT2D eigenvalue weighted by Gasteiger charge is -2.43. The summed E-state index contributed by atoms with van der Waals surface area (Å²) in [5, 5.41) is 13.6. The normalized spacial score (nSPS) is 22.5. The van der Waals surface area contributed by atoms with Crippen molar-refractivity contribution in [3.63, 3.8) is 0 Å². The van der Waals surface area contributed by atoms with E-state index in [1.54, 1.807) is 6.07 Å². The van der Waals surface area contributed by atoms with Gasteiger partial charge in [-0.25, -0.2) is 9.97 Å². The summed E-state index contributed by atoms with van der Waals surface area (Å²) in [5.74, 6) is 0.0948. The number of benzene rings is 1. The van der Waals surface area contributed by atoms with Crippen LogP contribution in [0.2, 0.25) is 5.15 Å². The van der Waals surface area contributed by atoms with Crippen molar-refractivity contribution in [3.05, 3.63) is 69.6 Å². The van der Waals surface area contributed by atoms with Crippen molar-refractivity contribution < 1.29 is 9.90 Å². The molecular formula is C21H21ClN4O2S. The smallest absolute Gasteiger partial charge is 0.231 e. The van der Waals surface area contributed by atoms with E-state index in [4.69, 9.17) is 22.3 Å². The fraction of sp³-hybridized carbons (Fsp3) is 0.286. The van der Waals surface area contributed by atoms with Gasteiger partial charge < -0.3 is 10.8 Å². The number of aliphatic hydroxyl groups is 1. The van der Waals surface area contributed by atoms with Gasteiger partial charge in [0.25, 0.3) is 0 Å². The van der Waals surface area contributed by atoms with Crippen molar-refractivity contribution in [1.29, 1.82) is 0 Å². The first kappa shape index (κ1) is 20.0. The number of amides is 1. The maximum absolute atomic E-state index is 11.7. The van der Waals surface area contributed by atoms with E-state index < -0.39 is 11.5 Å². The van der Waals surface area contributed by atoms with Gasteiger partial charge in [-0.1, -0.05) is 48.0 Å². The van der Waals surface area contributed by atoms with E-state index in [0.717, 1.165) is 10.4 Å². The number of likely N-dealkylation sites (tertiary alicyclic amines) is 1. The fourth-order valence-electron chi connectivity index (χ4n) is 3.81. The van der Waals surface area contributed by atoms with Crippen molar-refractivity contribution in [1.82, 2.24) is 14.9 Å². The third-order valence-electron chi connectivity index (χ3n) is 5.21. The summed E-state index contributed by atoms with van der Waals surface area (Å²) in [6, 6.07) is 14.8. The summed E-state index contributed by atoms with van der Waals surface area (Å²) in [5.41, 5.74) is 6.00. The maximum atomic E-state index is 11.7. The van der Waals surface area contributed by atoms with Crippen LogP contribution >= 0.6 is 22.9 Å². The lowest BCUT2D eigenvalue weighted by Crippen LogP contribution is -2.47. The summed E-state index contributed by atoms with van der Waals surface area (Å²) in [6.45, 7) is 0.609. The second kappa shape index (κ2) is 8.20. The lowest BCUT2D eigenvalue weighted by molar-refractivity contribution is -0.122. The van der Waals surface area contributed by atoms with Crippen LogP contribution in [0.15, 0.2) is 53.9 Å². The van der Waals surface area contributed by atoms with Crippen molar-refractivity contribution in [2.75, 3.05) is 13.1 Å². The zero-order valence-electron chi connectivity index (χ0n) is 15.7. The molecule has 2 aromatic heterocycles. The molecule has 0 radical (unpaired) electrons. The largest absolute Gasteiger partial charge is 0.384 e. The molecule has 1 aliphatic rings. The van der Waals surface area contributed by atoms with Crippen LogP contribution in [-0.2, 0) is 10.4 Å². The number of rotatable bonds is 5. The molecular weight excluding hydrogens is 408 g/mol. The Bertz CT molecular complexity index is 999. The zero-order chi connectivity index (χ0) is 20.4. The minimum absolute atomic E-state index is 0.0908. The minimum atomic E-state index is -0.989. The molecule has 2 atom stereocenters. The molecule has 1 aromatic carbocycles. The van der Waals surface area contributed by atoms with Gasteiger partial charge in [0.15, 0.2) is 5.82 Å². The molecule has 150 valence electrons. The summed E-state index contributed by atoms with van der Waals surface area (Å²) >= 11 is 7.85. The van der Waals surface area contributed by atoms with Crippen LogP contribution in [0.1, 0.15) is 29.5 Å². The van der Waals surface area contributed by atoms with Gasteiger partial charge in [0.2, 0.25) is 5.91 Å². The van der Waals surface area contributed by atoms with E-state index in [-0.39, 0.29) is 12.6 Å². The molecule has 0 aliphatic carbocycles. The molecule has 1 aliphatic heterocycles. The van der Waals surface area contributed by atoms with Gasteiger partial charge >= 0.3 is 0 Å². The Balaban J connectivity index is 1.74. The van der Waals surface area contributed by atoms with Crippen molar-refractivity contribution in [2.24, 2.45) is 5.73 Å². The van der Waals surface area contributed by atoms with Gasteiger partial charge in [-0.2, -0.15) is 0 Å². The second-order valence-electron chi connectivity index (χ2n) is 7.22. The predicted molar refractivity (Wildman–Crippen MR) is 113 cm³/mol. The van der Waals surface area contributed by atoms with Crippen molar-refractivity contribution in [2.45, 2.75) is 24.5 Å². The number of nitrogens with zero attached hydrogens (tertiary/aromatic N) is 3. The van der Waals surface area contributed by atoms with Gasteiger partial charge in [0.05, 0.1) is 18.3 Å². The first-order chi connectivity index (χ1) is 13.9. The summed E-state index contributed by atoms with van der Waals surface area (Å²) in [6.07, 6.45) is 0.907. The lowest BCUT2D eigenvalue weighted by atomic mass is 9.83. The fourth-order valence-corrected chi connectivity index (χ4v) is 4.86. The summed E-state index contributed by atoms with van der Waals surface area (Å²) in [4.78, 5) is 23.6. The number of nitrogens with two attached hydrogens (primary N) is 1. The molecule has 1 saturated heterocycles. The van der Waals surface area contributed by atoms with Crippen LogP contribution in [0.3, 0.4) is 0 Å². The highest BCUT2D eigenvalue weighted by molar-refractivity contribution is 7.10. The monoisotopic (exact) mass is 428 g/mol. The highest BCUT2D eigenvalue weighted by Crippen LogP contribution is 2.43. The molecule has 3 aromatic rings. The molecule has 6 nitrogen and oxygen atoms in total. The Morgan fingerprint density at radius 3 is 2.76 bits per heavy atom. The number of hydrogen-bond donors (Lipinski definition) is 2. The molecule has 4 rings (SSSR count). The molecule has 0 saturated carbocycles. The van der Waals surface area contributed by atoms with E-state index in [0.29, 0.717) is 36.1 Å². The van der Waals surface area contributed by atoms with Crippen LogP contribution in [-0.4, -0.2) is 39.0 Å². The average Bonchev–Trinajstić information content (AvgIpc) is 3.25. The van der Waals surface area contributed by atoms with Crippen LogP contribution in [0.4, 0.5) is 0 Å². The second-order valence-corrected chi connectivity index (χ2v) is 8.56. The third kappa shape index (κ3) is 4.33. The number of carbonyl (C=O) groups excluding carboxylic acids is 1. The van der Waals surface area contributed by atoms with E-state index in [9.17, 15) is 9.90 Å². The molecule has 2 unspecified atom stereocenters. The highest BCUT2D eigenvalue weighted by Gasteiger charge is 2.42. The standard InChI is InChI=1S/C21H21ClN4O2S/c22-18-11-15(24-20(25-18)14-5-2-1-3-6-14)16-12-21(28,17-7-4-10-29-17)8-9-26(16)13-19(23)27/h1-7,10-11,16,28H,8-9,12-13H2,(H2,23,27). The van der Waals surface area contributed by atoms with Gasteiger partial charge in [-0.3, -0.25) is 9.69 Å². The Labute approximate surface area is 178 Å². The van der Waals surface area contributed by atoms with Crippen LogP contribution in [0.25, 0.3) is 11.4 Å². The Kier molecular flexibility index (Phi) is 5.65. The number of hydrogen-bond acceptors (Lipinski definition) is 6. The van der Waals surface area contributed by atoms with E-state index >= 15 is 0 Å². The number of aromatic nitrogens is 2. The molecule has 1 fully saturated rings. The van der Waals surface area contributed by atoms with Crippen molar-refractivity contribution in [3.8, 4) is 11.4 Å². The SMILES string of the molecule is NC(=O)CN1CCC(O)(c2cccs2)CC1c1cc(Cl)nc(-c2ccccc2)n1. The average molecular weight is 429 g/mol. The first-order valence-corrected chi connectivity index (χ1v) is 10.6. The molecule has 1 amide bonds. The molecule has 3 N–H and O–H groups in total. The van der Waals surface area contributed by atoms with E-state index in [2.05, 4.69) is 4.98 Å². The van der Waals surface area contributed by atoms with Crippen molar-refractivity contribution >= 4 is 28.8 Å². The van der Waals surface area contributed by atoms with Gasteiger partial charge in [0.1, 0.15) is 10.8 Å². The number of carbonyl (C=O) groups is 1. The van der Waals surface area contributed by atoms with E-state index in [1.807, 2.05) is 52.7 Å². The quantitative estimate of drug-likeness (QED) is 0.608. The first-order valence-electron chi connectivity index (χ1n) is 9.33. The number of halogens is 1. The molecule has 8 heteroatoms. The van der Waals surface area contributed by atoms with Gasteiger partial charge in [0, 0.05) is 23.4 Å². The number of piperidine rings is 1. The minimum Gasteiger partial charge on any atom is -0.384 e. The predicted octanol–water partition coefficient (Wildman–Crippen LogP) is 3.37. The third-order valence-corrected chi connectivity index (χ3v) is 6.47. The molecule has 0 bridgehead atoms. The van der Waals surface area contributed by atoms with Crippen LogP contribution in [0, 0.1) is 0 Å². The Hall–Kier alpha value is -2.32. The highest BCUT2D eigenvalue weighted by atomic mass is 35.5. The van der Waals surface area contributed by atoms with Gasteiger partial charge in [-0.05, 0) is 23.9 Å². The summed E-state index contributed by atoms with van der Waals surface area (Å²) < 4.78 is 0. The molecule has 3 heterocycles. The van der Waals surface area contributed by atoms with Crippen LogP contribution in [0.5, 0.6) is 0 Å². The zero-order valence-corrected chi connectivity index (χ0v) is 17.2. The van der Waals surface area contributed by atoms with Gasteiger partial charge in [-0.15, -0.1) is 11.3 Å². The Morgan fingerprint density at radius 1 is 1.28 bits per heavy atom. The number of thiophene rings is 1. The number of primary amides is 1. The molecule has 0 spiro atoms. The topological polar surface area (TPSA) is 92.3 Å². The maximum Gasteiger partial charge on any atom is 0.231 e. The summed E-state index contributed by atoms with van der Waals surface area (Å²) in [7, 11) is 0. The molecule has 29 heavy (non-hydrogen) atoms. The Morgan fingerprint density at radius 2 is 2.07 bits per heavy atom.